The average molecular weight is 391 g/mol. The van der Waals surface area contributed by atoms with Crippen LogP contribution in [0.1, 0.15) is 48.0 Å². The molecular formula is C20H23ClN2O4. The summed E-state index contributed by atoms with van der Waals surface area (Å²) in [6.45, 7) is 1.09. The number of cyclic esters (lactones) is 1. The maximum absolute atomic E-state index is 13.0. The molecule has 1 aromatic rings. The predicted molar refractivity (Wildman–Crippen MR) is 99.4 cm³/mol. The van der Waals surface area contributed by atoms with Crippen molar-refractivity contribution >= 4 is 29.4 Å². The van der Waals surface area contributed by atoms with Crippen molar-refractivity contribution in [2.45, 2.75) is 50.7 Å². The second-order valence-electron chi connectivity index (χ2n) is 7.60. The number of benzene rings is 1. The minimum absolute atomic E-state index is 0.0408. The van der Waals surface area contributed by atoms with Crippen molar-refractivity contribution in [1.29, 1.82) is 0 Å². The molecule has 0 bridgehead atoms. The van der Waals surface area contributed by atoms with Crippen LogP contribution in [0.25, 0.3) is 0 Å². The number of esters is 1. The number of fused-ring (bicyclic) bond motifs is 1. The molecule has 6 nitrogen and oxygen atoms in total. The SMILES string of the molecule is O=C1OC(C(=O)N2CCC[C@@H]2CNC(=O)C2CCC2)Cc2cc(Cl)ccc21. The molecule has 0 spiro atoms. The zero-order valence-corrected chi connectivity index (χ0v) is 15.8. The Morgan fingerprint density at radius 3 is 2.78 bits per heavy atom. The number of halogens is 1. The van der Waals surface area contributed by atoms with E-state index in [9.17, 15) is 14.4 Å². The first-order chi connectivity index (χ1) is 13.0. The van der Waals surface area contributed by atoms with E-state index in [2.05, 4.69) is 5.32 Å². The quantitative estimate of drug-likeness (QED) is 0.800. The molecule has 1 aromatic carbocycles. The molecule has 2 atom stereocenters. The van der Waals surface area contributed by atoms with Crippen LogP contribution in [0.15, 0.2) is 18.2 Å². The van der Waals surface area contributed by atoms with Gasteiger partial charge in [0.1, 0.15) is 0 Å². The van der Waals surface area contributed by atoms with E-state index in [0.717, 1.165) is 37.7 Å². The zero-order valence-electron chi connectivity index (χ0n) is 15.1. The number of likely N-dealkylation sites (tertiary alicyclic amines) is 1. The first kappa shape index (κ1) is 18.3. The minimum atomic E-state index is -0.827. The molecule has 7 heteroatoms. The van der Waals surface area contributed by atoms with Crippen molar-refractivity contribution in [2.24, 2.45) is 5.92 Å². The van der Waals surface area contributed by atoms with Gasteiger partial charge in [0.2, 0.25) is 5.91 Å². The lowest BCUT2D eigenvalue weighted by molar-refractivity contribution is -0.142. The van der Waals surface area contributed by atoms with E-state index in [1.165, 1.54) is 0 Å². The van der Waals surface area contributed by atoms with Crippen LogP contribution in [-0.4, -0.2) is 47.9 Å². The van der Waals surface area contributed by atoms with Crippen molar-refractivity contribution in [3.63, 3.8) is 0 Å². The average Bonchev–Trinajstić information content (AvgIpc) is 3.05. The number of nitrogens with one attached hydrogen (secondary N) is 1. The van der Waals surface area contributed by atoms with E-state index in [4.69, 9.17) is 16.3 Å². The Bertz CT molecular complexity index is 777. The summed E-state index contributed by atoms with van der Waals surface area (Å²) in [4.78, 5) is 39.1. The first-order valence-electron chi connectivity index (χ1n) is 9.60. The number of carbonyl (C=O) groups is 3. The molecule has 27 heavy (non-hydrogen) atoms. The molecule has 144 valence electrons. The van der Waals surface area contributed by atoms with Gasteiger partial charge in [-0.25, -0.2) is 4.79 Å². The topological polar surface area (TPSA) is 75.7 Å². The number of carbonyl (C=O) groups excluding carboxylic acids is 3. The Labute approximate surface area is 163 Å². The molecule has 1 unspecified atom stereocenters. The van der Waals surface area contributed by atoms with E-state index in [1.807, 2.05) is 0 Å². The third-order valence-corrected chi connectivity index (χ3v) is 6.10. The molecule has 2 amide bonds. The van der Waals surface area contributed by atoms with E-state index in [-0.39, 0.29) is 23.8 Å². The highest BCUT2D eigenvalue weighted by molar-refractivity contribution is 6.30. The monoisotopic (exact) mass is 390 g/mol. The normalized spacial score (nSPS) is 24.8. The summed E-state index contributed by atoms with van der Waals surface area (Å²) in [5.74, 6) is -0.445. The summed E-state index contributed by atoms with van der Waals surface area (Å²) in [6, 6.07) is 4.96. The molecule has 3 aliphatic rings. The molecule has 0 aromatic heterocycles. The molecule has 2 aliphatic heterocycles. The van der Waals surface area contributed by atoms with Gasteiger partial charge in [0.25, 0.3) is 5.91 Å². The number of nitrogens with zero attached hydrogens (tertiary/aromatic N) is 1. The second-order valence-corrected chi connectivity index (χ2v) is 8.04. The largest absolute Gasteiger partial charge is 0.448 e. The van der Waals surface area contributed by atoms with Crippen molar-refractivity contribution in [2.75, 3.05) is 13.1 Å². The Kier molecular flexibility index (Phi) is 5.08. The van der Waals surface area contributed by atoms with Gasteiger partial charge in [-0.2, -0.15) is 0 Å². The van der Waals surface area contributed by atoms with Crippen LogP contribution >= 0.6 is 11.6 Å². The third-order valence-electron chi connectivity index (χ3n) is 5.87. The molecule has 1 saturated carbocycles. The van der Waals surface area contributed by atoms with Crippen LogP contribution in [-0.2, 0) is 20.7 Å². The number of hydrogen-bond donors (Lipinski definition) is 1. The van der Waals surface area contributed by atoms with Gasteiger partial charge in [0, 0.05) is 36.5 Å². The summed E-state index contributed by atoms with van der Waals surface area (Å²) in [5.41, 5.74) is 1.21. The van der Waals surface area contributed by atoms with Crippen LogP contribution < -0.4 is 5.32 Å². The van der Waals surface area contributed by atoms with Crippen LogP contribution in [0, 0.1) is 5.92 Å². The van der Waals surface area contributed by atoms with Gasteiger partial charge < -0.3 is 15.0 Å². The number of hydrogen-bond acceptors (Lipinski definition) is 4. The van der Waals surface area contributed by atoms with E-state index < -0.39 is 12.1 Å². The molecule has 2 fully saturated rings. The highest BCUT2D eigenvalue weighted by atomic mass is 35.5. The molecule has 4 rings (SSSR count). The van der Waals surface area contributed by atoms with E-state index in [1.54, 1.807) is 23.1 Å². The van der Waals surface area contributed by atoms with Crippen molar-refractivity contribution in [1.82, 2.24) is 10.2 Å². The smallest absolute Gasteiger partial charge is 0.339 e. The van der Waals surface area contributed by atoms with Gasteiger partial charge >= 0.3 is 5.97 Å². The summed E-state index contributed by atoms with van der Waals surface area (Å²) < 4.78 is 5.40. The standard InChI is InChI=1S/C20H23ClN2O4/c21-14-6-7-16-13(9-14)10-17(27-20(16)26)19(25)23-8-2-5-15(23)11-22-18(24)12-3-1-4-12/h6-7,9,12,15,17H,1-5,8,10-11H2,(H,22,24)/t15-,17?/m1/s1. The molecular weight excluding hydrogens is 368 g/mol. The summed E-state index contributed by atoms with van der Waals surface area (Å²) in [6.07, 6.45) is 4.27. The molecule has 1 aliphatic carbocycles. The third kappa shape index (κ3) is 3.68. The number of amides is 2. The summed E-state index contributed by atoms with van der Waals surface area (Å²) >= 11 is 6.03. The van der Waals surface area contributed by atoms with Gasteiger partial charge in [-0.15, -0.1) is 0 Å². The van der Waals surface area contributed by atoms with Crippen molar-refractivity contribution in [3.8, 4) is 0 Å². The summed E-state index contributed by atoms with van der Waals surface area (Å²) in [5, 5.41) is 3.52. The maximum Gasteiger partial charge on any atom is 0.339 e. The predicted octanol–water partition coefficient (Wildman–Crippen LogP) is 2.33. The fraction of sp³-hybridized carbons (Fsp3) is 0.550. The van der Waals surface area contributed by atoms with Gasteiger partial charge in [-0.05, 0) is 49.4 Å². The highest BCUT2D eigenvalue weighted by Gasteiger charge is 2.38. The van der Waals surface area contributed by atoms with E-state index >= 15 is 0 Å². The molecule has 1 N–H and O–H groups in total. The number of ether oxygens (including phenoxy) is 1. The Morgan fingerprint density at radius 2 is 2.04 bits per heavy atom. The first-order valence-corrected chi connectivity index (χ1v) is 9.98. The minimum Gasteiger partial charge on any atom is -0.448 e. The van der Waals surface area contributed by atoms with Crippen LogP contribution in [0.5, 0.6) is 0 Å². The number of rotatable bonds is 4. The van der Waals surface area contributed by atoms with Crippen LogP contribution in [0.2, 0.25) is 5.02 Å². The molecule has 0 radical (unpaired) electrons. The molecule has 1 saturated heterocycles. The molecule has 2 heterocycles. The van der Waals surface area contributed by atoms with Crippen molar-refractivity contribution < 1.29 is 19.1 Å². The lowest BCUT2D eigenvalue weighted by Crippen LogP contribution is -2.50. The Hall–Kier alpha value is -2.08. The Balaban J connectivity index is 1.40. The fourth-order valence-corrected chi connectivity index (χ4v) is 4.25. The lowest BCUT2D eigenvalue weighted by atomic mass is 9.85. The summed E-state index contributed by atoms with van der Waals surface area (Å²) in [7, 11) is 0. The van der Waals surface area contributed by atoms with Gasteiger partial charge in [0.15, 0.2) is 6.10 Å². The van der Waals surface area contributed by atoms with Crippen LogP contribution in [0.4, 0.5) is 0 Å². The van der Waals surface area contributed by atoms with Crippen molar-refractivity contribution in [3.05, 3.63) is 34.3 Å². The fourth-order valence-electron chi connectivity index (χ4n) is 4.06. The highest BCUT2D eigenvalue weighted by Crippen LogP contribution is 2.28. The maximum atomic E-state index is 13.0. The lowest BCUT2D eigenvalue weighted by Gasteiger charge is -2.32. The van der Waals surface area contributed by atoms with Gasteiger partial charge in [-0.1, -0.05) is 18.0 Å². The van der Waals surface area contributed by atoms with E-state index in [0.29, 0.717) is 30.1 Å². The van der Waals surface area contributed by atoms with Gasteiger partial charge in [0.05, 0.1) is 5.56 Å². The van der Waals surface area contributed by atoms with Gasteiger partial charge in [-0.3, -0.25) is 9.59 Å². The van der Waals surface area contributed by atoms with Crippen LogP contribution in [0.3, 0.4) is 0 Å². The second kappa shape index (κ2) is 7.50. The zero-order chi connectivity index (χ0) is 19.0. The Morgan fingerprint density at radius 1 is 1.22 bits per heavy atom.